The van der Waals surface area contributed by atoms with Crippen molar-refractivity contribution in [2.24, 2.45) is 0 Å². The number of carbonyl (C=O) groups excluding carboxylic acids is 1. The lowest BCUT2D eigenvalue weighted by molar-refractivity contribution is -0.113. The zero-order valence-electron chi connectivity index (χ0n) is 10.3. The van der Waals surface area contributed by atoms with E-state index >= 15 is 0 Å². The number of nitrogens with two attached hydrogens (primary N) is 1. The van der Waals surface area contributed by atoms with Crippen LogP contribution in [0.25, 0.3) is 0 Å². The van der Waals surface area contributed by atoms with Gasteiger partial charge in [-0.2, -0.15) is 0 Å². The van der Waals surface area contributed by atoms with Crippen LogP contribution in [0.15, 0.2) is 17.7 Å². The fourth-order valence-corrected chi connectivity index (χ4v) is 2.30. The highest BCUT2D eigenvalue weighted by Gasteiger charge is 2.13. The summed E-state index contributed by atoms with van der Waals surface area (Å²) in [5.41, 5.74) is 0.660. The van der Waals surface area contributed by atoms with Gasteiger partial charge >= 0.3 is 0 Å². The summed E-state index contributed by atoms with van der Waals surface area (Å²) in [7, 11) is 0. The molecule has 2 aromatic rings. The Morgan fingerprint density at radius 1 is 1.55 bits per heavy atom. The number of aromatic nitrogens is 4. The number of anilines is 1. The molecule has 7 nitrogen and oxygen atoms in total. The van der Waals surface area contributed by atoms with Gasteiger partial charge in [0.05, 0.1) is 15.8 Å². The molecule has 0 spiro atoms. The summed E-state index contributed by atoms with van der Waals surface area (Å²) in [5.74, 6) is 5.63. The molecule has 0 aliphatic heterocycles. The lowest BCUT2D eigenvalue weighted by atomic mass is 10.3. The van der Waals surface area contributed by atoms with Gasteiger partial charge in [0.15, 0.2) is 5.82 Å². The summed E-state index contributed by atoms with van der Waals surface area (Å²) < 4.78 is 1.23. The fourth-order valence-electron chi connectivity index (χ4n) is 1.28. The summed E-state index contributed by atoms with van der Waals surface area (Å²) in [6.07, 6.45) is 2.78. The van der Waals surface area contributed by atoms with Crippen molar-refractivity contribution in [3.05, 3.63) is 28.1 Å². The van der Waals surface area contributed by atoms with Gasteiger partial charge in [0.1, 0.15) is 6.33 Å². The highest BCUT2D eigenvalue weighted by Crippen LogP contribution is 2.28. The van der Waals surface area contributed by atoms with Crippen molar-refractivity contribution in [2.75, 3.05) is 16.9 Å². The molecule has 106 valence electrons. The van der Waals surface area contributed by atoms with Crippen molar-refractivity contribution >= 4 is 46.7 Å². The van der Waals surface area contributed by atoms with E-state index in [-0.39, 0.29) is 17.5 Å². The maximum atomic E-state index is 11.8. The largest absolute Gasteiger partial charge is 0.336 e. The van der Waals surface area contributed by atoms with E-state index in [1.165, 1.54) is 17.2 Å². The average Bonchev–Trinajstić information content (AvgIpc) is 2.83. The molecule has 0 aliphatic rings. The summed E-state index contributed by atoms with van der Waals surface area (Å²) >= 11 is 13.1. The van der Waals surface area contributed by atoms with E-state index < -0.39 is 0 Å². The van der Waals surface area contributed by atoms with Gasteiger partial charge in [-0.3, -0.25) is 4.79 Å². The van der Waals surface area contributed by atoms with Crippen LogP contribution >= 0.6 is 35.0 Å². The molecule has 2 heterocycles. The minimum absolute atomic E-state index is 0.107. The Hall–Kier alpha value is -1.51. The topological polar surface area (TPSA) is 98.7 Å². The van der Waals surface area contributed by atoms with Gasteiger partial charge in [-0.05, 0) is 12.5 Å². The molecular weight excluding hydrogens is 323 g/mol. The van der Waals surface area contributed by atoms with Gasteiger partial charge in [-0.1, -0.05) is 35.0 Å². The van der Waals surface area contributed by atoms with Crippen LogP contribution < -0.4 is 11.2 Å². The fraction of sp³-hybridized carbons (Fsp3) is 0.200. The number of carbonyl (C=O) groups is 1. The second kappa shape index (κ2) is 6.29. The van der Waals surface area contributed by atoms with Gasteiger partial charge < -0.3 is 11.2 Å². The lowest BCUT2D eigenvalue weighted by Crippen LogP contribution is -2.17. The number of hydrogen-bond acceptors (Lipinski definition) is 6. The first-order valence-corrected chi connectivity index (χ1v) is 7.11. The predicted molar refractivity (Wildman–Crippen MR) is 78.5 cm³/mol. The van der Waals surface area contributed by atoms with E-state index in [4.69, 9.17) is 29.0 Å². The number of nitrogens with one attached hydrogen (secondary N) is 1. The van der Waals surface area contributed by atoms with Crippen LogP contribution in [-0.4, -0.2) is 31.5 Å². The van der Waals surface area contributed by atoms with Crippen LogP contribution in [0.4, 0.5) is 5.82 Å². The van der Waals surface area contributed by atoms with E-state index in [1.807, 2.05) is 0 Å². The molecule has 3 N–H and O–H groups in total. The Labute approximate surface area is 128 Å². The van der Waals surface area contributed by atoms with E-state index in [0.29, 0.717) is 20.8 Å². The third kappa shape index (κ3) is 3.33. The van der Waals surface area contributed by atoms with Crippen molar-refractivity contribution in [1.82, 2.24) is 19.9 Å². The first kappa shape index (κ1) is 14.9. The van der Waals surface area contributed by atoms with E-state index in [0.717, 1.165) is 11.8 Å². The van der Waals surface area contributed by atoms with E-state index in [9.17, 15) is 4.79 Å². The number of hydrogen-bond donors (Lipinski definition) is 2. The maximum absolute atomic E-state index is 11.8. The van der Waals surface area contributed by atoms with E-state index in [1.54, 1.807) is 6.92 Å². The van der Waals surface area contributed by atoms with Crippen LogP contribution in [0.5, 0.6) is 0 Å². The summed E-state index contributed by atoms with van der Waals surface area (Å²) in [6, 6.07) is 0. The van der Waals surface area contributed by atoms with Crippen molar-refractivity contribution in [3.8, 4) is 0 Å². The highest BCUT2D eigenvalue weighted by atomic mass is 35.5. The molecule has 0 saturated heterocycles. The highest BCUT2D eigenvalue weighted by molar-refractivity contribution is 7.99. The minimum atomic E-state index is -0.283. The Kier molecular flexibility index (Phi) is 4.69. The summed E-state index contributed by atoms with van der Waals surface area (Å²) in [4.78, 5) is 15.8. The van der Waals surface area contributed by atoms with Gasteiger partial charge in [-0.15, -0.1) is 10.2 Å². The van der Waals surface area contributed by atoms with Gasteiger partial charge in [0.25, 0.3) is 0 Å². The molecule has 0 bridgehead atoms. The quantitative estimate of drug-likeness (QED) is 0.653. The van der Waals surface area contributed by atoms with Crippen LogP contribution in [0.1, 0.15) is 5.56 Å². The zero-order chi connectivity index (χ0) is 14.7. The van der Waals surface area contributed by atoms with Crippen LogP contribution in [0.3, 0.4) is 0 Å². The normalized spacial score (nSPS) is 10.6. The first-order valence-electron chi connectivity index (χ1n) is 5.37. The third-order valence-electron chi connectivity index (χ3n) is 2.33. The average molecular weight is 333 g/mol. The molecule has 0 aliphatic carbocycles. The third-order valence-corrected chi connectivity index (χ3v) is 4.13. The summed E-state index contributed by atoms with van der Waals surface area (Å²) in [6.45, 7) is 1.74. The van der Waals surface area contributed by atoms with Crippen LogP contribution in [0, 0.1) is 6.92 Å². The van der Waals surface area contributed by atoms with Crippen molar-refractivity contribution in [3.63, 3.8) is 0 Å². The number of pyridine rings is 1. The lowest BCUT2D eigenvalue weighted by Gasteiger charge is -2.08. The molecule has 2 aromatic heterocycles. The van der Waals surface area contributed by atoms with Crippen LogP contribution in [0.2, 0.25) is 10.0 Å². The van der Waals surface area contributed by atoms with Gasteiger partial charge in [0, 0.05) is 6.20 Å². The number of halogens is 2. The SMILES string of the molecule is Cc1c(Cl)cnc(NC(=O)CSc2nncn2N)c1Cl. The molecule has 20 heavy (non-hydrogen) atoms. The molecule has 0 unspecified atom stereocenters. The molecular formula is C10H10Cl2N6OS. The van der Waals surface area contributed by atoms with E-state index in [2.05, 4.69) is 20.5 Å². The Morgan fingerprint density at radius 2 is 2.30 bits per heavy atom. The molecule has 2 rings (SSSR count). The number of thioether (sulfide) groups is 1. The van der Waals surface area contributed by atoms with Crippen molar-refractivity contribution in [1.29, 1.82) is 0 Å². The van der Waals surface area contributed by atoms with Gasteiger partial charge in [-0.25, -0.2) is 9.66 Å². The standard InChI is InChI=1S/C10H10Cl2N6OS/c1-5-6(11)2-14-9(8(5)12)16-7(19)3-20-10-17-15-4-18(10)13/h2,4H,3,13H2,1H3,(H,14,16,19). The van der Waals surface area contributed by atoms with Crippen molar-refractivity contribution < 1.29 is 4.79 Å². The Morgan fingerprint density at radius 3 is 2.95 bits per heavy atom. The molecule has 0 atom stereocenters. The summed E-state index contributed by atoms with van der Waals surface area (Å²) in [5, 5.41) is 11.2. The van der Waals surface area contributed by atoms with Crippen LogP contribution in [-0.2, 0) is 4.79 Å². The second-order valence-corrected chi connectivity index (χ2v) is 5.48. The smallest absolute Gasteiger partial charge is 0.236 e. The first-order chi connectivity index (χ1) is 9.49. The number of rotatable bonds is 4. The maximum Gasteiger partial charge on any atom is 0.236 e. The molecule has 0 fully saturated rings. The predicted octanol–water partition coefficient (Wildman–Crippen LogP) is 1.73. The minimum Gasteiger partial charge on any atom is -0.336 e. The Balaban J connectivity index is 1.98. The van der Waals surface area contributed by atoms with Gasteiger partial charge in [0.2, 0.25) is 11.1 Å². The second-order valence-electron chi connectivity index (χ2n) is 3.75. The number of nitrogen functional groups attached to an aromatic ring is 1. The molecule has 1 amide bonds. The zero-order valence-corrected chi connectivity index (χ0v) is 12.6. The number of amides is 1. The monoisotopic (exact) mass is 332 g/mol. The molecule has 0 saturated carbocycles. The number of nitrogens with zero attached hydrogens (tertiary/aromatic N) is 4. The van der Waals surface area contributed by atoms with Crippen molar-refractivity contribution in [2.45, 2.75) is 12.1 Å². The molecule has 10 heteroatoms. The molecule has 0 radical (unpaired) electrons. The Bertz CT molecular complexity index is 647. The molecule has 0 aromatic carbocycles.